The van der Waals surface area contributed by atoms with Crippen LogP contribution in [0.1, 0.15) is 6.92 Å². The number of hydrogen-bond acceptors (Lipinski definition) is 1. The molecule has 1 nitrogen and oxygen atoms in total. The molecule has 48 valence electrons. The standard InChI is InChI=1S/C5H8F2O/c1-2-3-8-4-5(6)7/h2-3,5H,4H2,1H3/b3-2-. The lowest BCUT2D eigenvalue weighted by Gasteiger charge is -1.95. The molecule has 0 aromatic carbocycles. The first-order chi connectivity index (χ1) is 3.77. The van der Waals surface area contributed by atoms with Gasteiger partial charge in [-0.2, -0.15) is 0 Å². The maximum atomic E-state index is 11.2. The molecule has 8 heavy (non-hydrogen) atoms. The summed E-state index contributed by atoms with van der Waals surface area (Å²) in [7, 11) is 0. The van der Waals surface area contributed by atoms with Gasteiger partial charge in [0.2, 0.25) is 0 Å². The van der Waals surface area contributed by atoms with Gasteiger partial charge in [0.1, 0.15) is 6.61 Å². The lowest BCUT2D eigenvalue weighted by Crippen LogP contribution is -1.98. The minimum Gasteiger partial charge on any atom is -0.496 e. The van der Waals surface area contributed by atoms with Crippen LogP contribution in [0.4, 0.5) is 8.78 Å². The van der Waals surface area contributed by atoms with Gasteiger partial charge in [-0.25, -0.2) is 8.78 Å². The fourth-order valence-corrected chi connectivity index (χ4v) is 0.225. The van der Waals surface area contributed by atoms with E-state index < -0.39 is 13.0 Å². The number of rotatable bonds is 3. The van der Waals surface area contributed by atoms with Crippen molar-refractivity contribution in [3.63, 3.8) is 0 Å². The Hall–Kier alpha value is -0.600. The summed E-state index contributed by atoms with van der Waals surface area (Å²) in [6.45, 7) is 1.19. The van der Waals surface area contributed by atoms with Gasteiger partial charge in [-0.05, 0) is 6.92 Å². The van der Waals surface area contributed by atoms with E-state index in [-0.39, 0.29) is 0 Å². The number of hydrogen-bond donors (Lipinski definition) is 0. The Morgan fingerprint density at radius 2 is 2.25 bits per heavy atom. The zero-order chi connectivity index (χ0) is 6.41. The molecule has 0 aromatic heterocycles. The molecule has 0 aliphatic rings. The predicted octanol–water partition coefficient (Wildman–Crippen LogP) is 1.80. The smallest absolute Gasteiger partial charge is 0.272 e. The van der Waals surface area contributed by atoms with Gasteiger partial charge in [-0.15, -0.1) is 0 Å². The second-order valence-corrected chi connectivity index (χ2v) is 1.19. The van der Waals surface area contributed by atoms with Gasteiger partial charge in [0.05, 0.1) is 6.26 Å². The summed E-state index contributed by atoms with van der Waals surface area (Å²) in [5, 5.41) is 0. The summed E-state index contributed by atoms with van der Waals surface area (Å²) >= 11 is 0. The molecule has 0 bridgehead atoms. The van der Waals surface area contributed by atoms with Gasteiger partial charge in [-0.3, -0.25) is 0 Å². The molecule has 0 rings (SSSR count). The summed E-state index contributed by atoms with van der Waals surface area (Å²) < 4.78 is 26.7. The summed E-state index contributed by atoms with van der Waals surface area (Å²) in [6.07, 6.45) is 0.431. The molecule has 0 amide bonds. The largest absolute Gasteiger partial charge is 0.496 e. The van der Waals surface area contributed by atoms with Crippen molar-refractivity contribution < 1.29 is 13.5 Å². The number of alkyl halides is 2. The first kappa shape index (κ1) is 7.40. The van der Waals surface area contributed by atoms with E-state index in [0.717, 1.165) is 0 Å². The Kier molecular flexibility index (Phi) is 4.21. The third kappa shape index (κ3) is 5.40. The molecule has 0 atom stereocenters. The highest BCUT2D eigenvalue weighted by atomic mass is 19.3. The van der Waals surface area contributed by atoms with Gasteiger partial charge in [-0.1, -0.05) is 6.08 Å². The first-order valence-electron chi connectivity index (χ1n) is 2.28. The number of halogens is 2. The first-order valence-corrected chi connectivity index (χ1v) is 2.28. The molecule has 0 aromatic rings. The van der Waals surface area contributed by atoms with Crippen LogP contribution in [0, 0.1) is 0 Å². The fraction of sp³-hybridized carbons (Fsp3) is 0.600. The monoisotopic (exact) mass is 122 g/mol. The van der Waals surface area contributed by atoms with E-state index in [9.17, 15) is 8.78 Å². The zero-order valence-electron chi connectivity index (χ0n) is 4.60. The molecule has 0 unspecified atom stereocenters. The van der Waals surface area contributed by atoms with Crippen molar-refractivity contribution in [2.24, 2.45) is 0 Å². The molecule has 0 aliphatic carbocycles. The van der Waals surface area contributed by atoms with Crippen LogP contribution in [-0.4, -0.2) is 13.0 Å². The highest BCUT2D eigenvalue weighted by Gasteiger charge is 1.97. The quantitative estimate of drug-likeness (QED) is 0.518. The lowest BCUT2D eigenvalue weighted by atomic mass is 10.7. The number of allylic oxidation sites excluding steroid dienone is 1. The highest BCUT2D eigenvalue weighted by Crippen LogP contribution is 1.91. The van der Waals surface area contributed by atoms with Crippen molar-refractivity contribution in [2.45, 2.75) is 13.3 Å². The summed E-state index contributed by atoms with van der Waals surface area (Å²) in [5.41, 5.74) is 0. The zero-order valence-corrected chi connectivity index (χ0v) is 4.60. The van der Waals surface area contributed by atoms with E-state index in [4.69, 9.17) is 0 Å². The number of ether oxygens (including phenoxy) is 1. The third-order valence-corrected chi connectivity index (χ3v) is 0.455. The SMILES string of the molecule is C/C=C\OCC(F)F. The second kappa shape index (κ2) is 4.56. The van der Waals surface area contributed by atoms with Gasteiger partial charge >= 0.3 is 0 Å². The molecule has 0 spiro atoms. The molecule has 0 fully saturated rings. The normalized spacial score (nSPS) is 11.0. The van der Waals surface area contributed by atoms with Gasteiger partial charge in [0.15, 0.2) is 0 Å². The minimum absolute atomic E-state index is 0.510. The third-order valence-electron chi connectivity index (χ3n) is 0.455. The Labute approximate surface area is 47.0 Å². The fourth-order valence-electron chi connectivity index (χ4n) is 0.225. The van der Waals surface area contributed by atoms with Gasteiger partial charge in [0.25, 0.3) is 6.43 Å². The molecule has 3 heteroatoms. The molecule has 0 saturated heterocycles. The molecular formula is C5H8F2O. The van der Waals surface area contributed by atoms with Gasteiger partial charge in [0, 0.05) is 0 Å². The average Bonchev–Trinajstić information content (AvgIpc) is 1.66. The minimum atomic E-state index is -2.37. The summed E-state index contributed by atoms with van der Waals surface area (Å²) in [6, 6.07) is 0. The van der Waals surface area contributed by atoms with E-state index in [1.165, 1.54) is 6.26 Å². The van der Waals surface area contributed by atoms with Crippen molar-refractivity contribution in [3.8, 4) is 0 Å². The summed E-state index contributed by atoms with van der Waals surface area (Å²) in [4.78, 5) is 0. The van der Waals surface area contributed by atoms with Crippen LogP contribution in [0.25, 0.3) is 0 Å². The van der Waals surface area contributed by atoms with E-state index in [1.807, 2.05) is 0 Å². The Balaban J connectivity index is 2.93. The lowest BCUT2D eigenvalue weighted by molar-refractivity contribution is 0.0602. The average molecular weight is 122 g/mol. The van der Waals surface area contributed by atoms with Crippen LogP contribution in [0.3, 0.4) is 0 Å². The van der Waals surface area contributed by atoms with E-state index in [2.05, 4.69) is 4.74 Å². The summed E-state index contributed by atoms with van der Waals surface area (Å²) in [5.74, 6) is 0. The van der Waals surface area contributed by atoms with Gasteiger partial charge < -0.3 is 4.74 Å². The van der Waals surface area contributed by atoms with Crippen molar-refractivity contribution in [3.05, 3.63) is 12.3 Å². The van der Waals surface area contributed by atoms with Crippen LogP contribution in [0.5, 0.6) is 0 Å². The van der Waals surface area contributed by atoms with Crippen molar-refractivity contribution in [1.82, 2.24) is 0 Å². The van der Waals surface area contributed by atoms with Crippen LogP contribution < -0.4 is 0 Å². The topological polar surface area (TPSA) is 9.23 Å². The Bertz CT molecular complexity index is 70.8. The molecule has 0 heterocycles. The van der Waals surface area contributed by atoms with Crippen LogP contribution in [0.15, 0.2) is 12.3 Å². The molecule has 0 aliphatic heterocycles. The van der Waals surface area contributed by atoms with E-state index in [0.29, 0.717) is 0 Å². The highest BCUT2D eigenvalue weighted by molar-refractivity contribution is 4.64. The van der Waals surface area contributed by atoms with Crippen molar-refractivity contribution >= 4 is 0 Å². The second-order valence-electron chi connectivity index (χ2n) is 1.19. The maximum Gasteiger partial charge on any atom is 0.272 e. The van der Waals surface area contributed by atoms with Crippen LogP contribution in [-0.2, 0) is 4.74 Å². The molecule has 0 saturated carbocycles. The van der Waals surface area contributed by atoms with Crippen LogP contribution >= 0.6 is 0 Å². The van der Waals surface area contributed by atoms with Crippen molar-refractivity contribution in [2.75, 3.05) is 6.61 Å². The molecule has 0 radical (unpaired) electrons. The van der Waals surface area contributed by atoms with E-state index in [1.54, 1.807) is 13.0 Å². The predicted molar refractivity (Wildman–Crippen MR) is 26.8 cm³/mol. The molecular weight excluding hydrogens is 114 g/mol. The molecule has 0 N–H and O–H groups in total. The Morgan fingerprint density at radius 3 is 2.62 bits per heavy atom. The van der Waals surface area contributed by atoms with E-state index >= 15 is 0 Å². The maximum absolute atomic E-state index is 11.2. The van der Waals surface area contributed by atoms with Crippen LogP contribution in [0.2, 0.25) is 0 Å². The Morgan fingerprint density at radius 1 is 1.62 bits per heavy atom. The van der Waals surface area contributed by atoms with Crippen molar-refractivity contribution in [1.29, 1.82) is 0 Å².